The van der Waals surface area contributed by atoms with Crippen LogP contribution in [-0.2, 0) is 0 Å². The highest BCUT2D eigenvalue weighted by Gasteiger charge is 2.22. The first-order chi connectivity index (χ1) is 8.22. The van der Waals surface area contributed by atoms with Crippen molar-refractivity contribution in [2.75, 3.05) is 23.7 Å². The molecule has 4 heteroatoms. The number of hydrogen-bond acceptors (Lipinski definition) is 4. The molecule has 2 N–H and O–H groups in total. The third-order valence-electron chi connectivity index (χ3n) is 3.20. The van der Waals surface area contributed by atoms with Crippen molar-refractivity contribution < 1.29 is 0 Å². The van der Waals surface area contributed by atoms with Gasteiger partial charge in [0.05, 0.1) is 0 Å². The first-order valence-electron chi connectivity index (χ1n) is 6.29. The second-order valence-corrected chi connectivity index (χ2v) is 5.96. The molecule has 0 bridgehead atoms. The molecular formula is C13H21N3S. The van der Waals surface area contributed by atoms with Crippen LogP contribution in [0, 0.1) is 0 Å². The molecule has 0 amide bonds. The highest BCUT2D eigenvalue weighted by Crippen LogP contribution is 2.28. The molecule has 0 saturated carbocycles. The molecule has 0 radical (unpaired) electrons. The number of thioether (sulfide) groups is 1. The Morgan fingerprint density at radius 1 is 1.65 bits per heavy atom. The largest absolute Gasteiger partial charge is 0.354 e. The van der Waals surface area contributed by atoms with Crippen molar-refractivity contribution in [3.63, 3.8) is 0 Å². The van der Waals surface area contributed by atoms with Gasteiger partial charge in [0.2, 0.25) is 0 Å². The van der Waals surface area contributed by atoms with E-state index >= 15 is 0 Å². The van der Waals surface area contributed by atoms with Gasteiger partial charge in [0, 0.05) is 41.9 Å². The van der Waals surface area contributed by atoms with Crippen LogP contribution in [0.3, 0.4) is 0 Å². The number of pyridine rings is 1. The number of nitrogens with two attached hydrogens (primary N) is 1. The number of aromatic nitrogens is 1. The molecule has 2 rings (SSSR count). The molecule has 2 atom stereocenters. The molecule has 1 fully saturated rings. The third-order valence-corrected chi connectivity index (χ3v) is 4.57. The third kappa shape index (κ3) is 2.93. The summed E-state index contributed by atoms with van der Waals surface area (Å²) in [6.45, 7) is 6.46. The van der Waals surface area contributed by atoms with Gasteiger partial charge in [-0.15, -0.1) is 0 Å². The quantitative estimate of drug-likeness (QED) is 0.896. The fourth-order valence-electron chi connectivity index (χ4n) is 2.19. The lowest BCUT2D eigenvalue weighted by atomic mass is 10.1. The lowest BCUT2D eigenvalue weighted by Crippen LogP contribution is -2.39. The Kier molecular flexibility index (Phi) is 4.29. The lowest BCUT2D eigenvalue weighted by molar-refractivity contribution is 0.705. The summed E-state index contributed by atoms with van der Waals surface area (Å²) >= 11 is 2.08. The lowest BCUT2D eigenvalue weighted by Gasteiger charge is -2.34. The normalized spacial score (nSPS) is 22.5. The summed E-state index contributed by atoms with van der Waals surface area (Å²) in [7, 11) is 0. The summed E-state index contributed by atoms with van der Waals surface area (Å²) in [5, 5.41) is 0.728. The van der Waals surface area contributed by atoms with Crippen molar-refractivity contribution in [2.24, 2.45) is 5.73 Å². The van der Waals surface area contributed by atoms with Crippen LogP contribution >= 0.6 is 11.8 Å². The second-order valence-electron chi connectivity index (χ2n) is 4.55. The van der Waals surface area contributed by atoms with Crippen molar-refractivity contribution in [1.82, 2.24) is 4.98 Å². The van der Waals surface area contributed by atoms with Gasteiger partial charge in [-0.1, -0.05) is 13.0 Å². The van der Waals surface area contributed by atoms with Gasteiger partial charge < -0.3 is 10.6 Å². The van der Waals surface area contributed by atoms with Gasteiger partial charge in [-0.2, -0.15) is 11.8 Å². The highest BCUT2D eigenvalue weighted by molar-refractivity contribution is 8.00. The summed E-state index contributed by atoms with van der Waals surface area (Å²) in [4.78, 5) is 6.92. The fourth-order valence-corrected chi connectivity index (χ4v) is 3.37. The Morgan fingerprint density at radius 3 is 3.18 bits per heavy atom. The Morgan fingerprint density at radius 2 is 2.47 bits per heavy atom. The van der Waals surface area contributed by atoms with Crippen LogP contribution in [0.25, 0.3) is 0 Å². The predicted molar refractivity (Wildman–Crippen MR) is 75.6 cm³/mol. The van der Waals surface area contributed by atoms with Gasteiger partial charge in [-0.3, -0.25) is 0 Å². The summed E-state index contributed by atoms with van der Waals surface area (Å²) in [5.74, 6) is 2.27. The van der Waals surface area contributed by atoms with Crippen LogP contribution in [0.2, 0.25) is 0 Å². The van der Waals surface area contributed by atoms with Gasteiger partial charge in [0.25, 0.3) is 0 Å². The van der Waals surface area contributed by atoms with E-state index in [1.165, 1.54) is 12.2 Å². The van der Waals surface area contributed by atoms with E-state index in [2.05, 4.69) is 34.6 Å². The maximum absolute atomic E-state index is 6.02. The van der Waals surface area contributed by atoms with Crippen LogP contribution in [0.15, 0.2) is 18.3 Å². The predicted octanol–water partition coefficient (Wildman–Crippen LogP) is 2.43. The fraction of sp³-hybridized carbons (Fsp3) is 0.615. The Bertz CT molecular complexity index is 367. The Labute approximate surface area is 108 Å². The van der Waals surface area contributed by atoms with Gasteiger partial charge >= 0.3 is 0 Å². The first-order valence-corrected chi connectivity index (χ1v) is 7.34. The van der Waals surface area contributed by atoms with E-state index < -0.39 is 0 Å². The molecule has 1 saturated heterocycles. The molecule has 1 aliphatic rings. The van der Waals surface area contributed by atoms with Crippen LogP contribution < -0.4 is 10.6 Å². The summed E-state index contributed by atoms with van der Waals surface area (Å²) in [6.07, 6.45) is 3.09. The zero-order valence-electron chi connectivity index (χ0n) is 10.6. The van der Waals surface area contributed by atoms with E-state index in [-0.39, 0.29) is 6.04 Å². The van der Waals surface area contributed by atoms with Crippen molar-refractivity contribution >= 4 is 17.6 Å². The molecule has 1 unspecified atom stereocenters. The highest BCUT2D eigenvalue weighted by atomic mass is 32.2. The monoisotopic (exact) mass is 251 g/mol. The molecule has 0 spiro atoms. The first kappa shape index (κ1) is 12.7. The van der Waals surface area contributed by atoms with Crippen molar-refractivity contribution in [2.45, 2.75) is 31.6 Å². The molecule has 2 heterocycles. The van der Waals surface area contributed by atoms with E-state index in [0.717, 1.165) is 29.7 Å². The zero-order chi connectivity index (χ0) is 12.3. The van der Waals surface area contributed by atoms with Gasteiger partial charge in [-0.05, 0) is 19.4 Å². The second kappa shape index (κ2) is 5.74. The SMILES string of the molecule is CCC1CN(c2ncccc2[C@@H](C)N)CCS1. The van der Waals surface area contributed by atoms with E-state index in [4.69, 9.17) is 5.73 Å². The van der Waals surface area contributed by atoms with Gasteiger partial charge in [0.15, 0.2) is 0 Å². The molecule has 1 aromatic heterocycles. The van der Waals surface area contributed by atoms with Crippen LogP contribution in [0.1, 0.15) is 31.9 Å². The molecule has 0 aromatic carbocycles. The molecule has 94 valence electrons. The summed E-state index contributed by atoms with van der Waals surface area (Å²) in [5.41, 5.74) is 7.18. The van der Waals surface area contributed by atoms with E-state index in [9.17, 15) is 0 Å². The molecule has 1 aromatic rings. The average Bonchev–Trinajstić information content (AvgIpc) is 2.39. The standard InChI is InChI=1S/C13H21N3S/c1-3-11-9-16(7-8-17-11)13-12(10(2)14)5-4-6-15-13/h4-6,10-11H,3,7-9,14H2,1-2H3/t10-,11?/m1/s1. The molecule has 17 heavy (non-hydrogen) atoms. The topological polar surface area (TPSA) is 42.2 Å². The zero-order valence-corrected chi connectivity index (χ0v) is 11.4. The maximum atomic E-state index is 6.02. The van der Waals surface area contributed by atoms with Crippen molar-refractivity contribution in [1.29, 1.82) is 0 Å². The van der Waals surface area contributed by atoms with Gasteiger partial charge in [-0.25, -0.2) is 4.98 Å². The van der Waals surface area contributed by atoms with Crippen molar-refractivity contribution in [3.05, 3.63) is 23.9 Å². The van der Waals surface area contributed by atoms with E-state index in [0.29, 0.717) is 0 Å². The minimum atomic E-state index is 0.0494. The Hall–Kier alpha value is -0.740. The van der Waals surface area contributed by atoms with E-state index in [1.807, 2.05) is 19.2 Å². The average molecular weight is 251 g/mol. The minimum absolute atomic E-state index is 0.0494. The molecule has 0 aliphatic carbocycles. The van der Waals surface area contributed by atoms with Crippen LogP contribution in [-0.4, -0.2) is 29.1 Å². The number of rotatable bonds is 3. The summed E-state index contributed by atoms with van der Waals surface area (Å²) in [6, 6.07) is 4.11. The molecule has 1 aliphatic heterocycles. The minimum Gasteiger partial charge on any atom is -0.354 e. The number of anilines is 1. The van der Waals surface area contributed by atoms with Crippen LogP contribution in [0.4, 0.5) is 5.82 Å². The number of hydrogen-bond donors (Lipinski definition) is 1. The number of nitrogens with zero attached hydrogens (tertiary/aromatic N) is 2. The maximum Gasteiger partial charge on any atom is 0.133 e. The van der Waals surface area contributed by atoms with E-state index in [1.54, 1.807) is 0 Å². The molecule has 3 nitrogen and oxygen atoms in total. The van der Waals surface area contributed by atoms with Crippen LogP contribution in [0.5, 0.6) is 0 Å². The van der Waals surface area contributed by atoms with Gasteiger partial charge in [0.1, 0.15) is 5.82 Å². The van der Waals surface area contributed by atoms with Crippen molar-refractivity contribution in [3.8, 4) is 0 Å². The summed E-state index contributed by atoms with van der Waals surface area (Å²) < 4.78 is 0. The smallest absolute Gasteiger partial charge is 0.133 e. The Balaban J connectivity index is 2.21. The molecular weight excluding hydrogens is 230 g/mol.